The Kier molecular flexibility index (Phi) is 5.51. The quantitative estimate of drug-likeness (QED) is 0.397. The second-order valence-electron chi connectivity index (χ2n) is 1.13. The van der Waals surface area contributed by atoms with E-state index in [4.69, 9.17) is 0 Å². The van der Waals surface area contributed by atoms with Crippen molar-refractivity contribution in [3.63, 3.8) is 0 Å². The fraction of sp³-hybridized carbons (Fsp3) is 1.00. The first-order valence-corrected chi connectivity index (χ1v) is 8.32. The molecule has 0 aliphatic rings. The van der Waals surface area contributed by atoms with E-state index in [1.165, 1.54) is 0 Å². The Balaban J connectivity index is 3.54. The molecule has 0 aromatic rings. The molecule has 0 saturated heterocycles. The van der Waals surface area contributed by atoms with Gasteiger partial charge in [-0.2, -0.15) is 0 Å². The lowest BCUT2D eigenvalue weighted by Crippen LogP contribution is -1.83. The number of halogens is 1. The Morgan fingerprint density at radius 3 is 1.43 bits per heavy atom. The van der Waals surface area contributed by atoms with Crippen LogP contribution in [0.3, 0.4) is 0 Å². The second-order valence-corrected chi connectivity index (χ2v) is 16.3. The first kappa shape index (κ1) is 9.88. The zero-order chi connectivity index (χ0) is 6.08. The molecule has 0 nitrogen and oxygen atoms in total. The normalized spacial score (nSPS) is 12.9. The zero-order valence-corrected chi connectivity index (χ0v) is 11.3. The standard InChI is InChI=1S/CH8IP5/c2-1(3,4)7(5)6/h3-6H2. The fourth-order valence-electron chi connectivity index (χ4n) is 0. The maximum atomic E-state index is 2.78. The molecule has 0 bridgehead atoms. The summed E-state index contributed by atoms with van der Waals surface area (Å²) in [5.41, 5.74) is 0. The smallest absolute Gasteiger partial charge is 0.0755 e. The zero-order valence-electron chi connectivity index (χ0n) is 3.63. The molecule has 4 unspecified atom stereocenters. The summed E-state index contributed by atoms with van der Waals surface area (Å²) in [6.45, 7) is 0. The summed E-state index contributed by atoms with van der Waals surface area (Å²) in [6, 6.07) is 0. The van der Waals surface area contributed by atoms with Crippen molar-refractivity contribution >= 4 is 66.2 Å². The molecule has 0 aliphatic heterocycles. The average molecular weight is 302 g/mol. The van der Waals surface area contributed by atoms with E-state index in [2.05, 4.69) is 58.9 Å². The van der Waals surface area contributed by atoms with Crippen LogP contribution in [0.4, 0.5) is 0 Å². The molecule has 0 radical (unpaired) electrons. The van der Waals surface area contributed by atoms with Crippen molar-refractivity contribution in [3.8, 4) is 0 Å². The first-order valence-electron chi connectivity index (χ1n) is 1.51. The number of rotatable bonds is 1. The molecule has 7 heavy (non-hydrogen) atoms. The Morgan fingerprint density at radius 1 is 1.29 bits per heavy atom. The van der Waals surface area contributed by atoms with Crippen LogP contribution in [0.2, 0.25) is 0 Å². The van der Waals surface area contributed by atoms with Gasteiger partial charge in [0.15, 0.2) is 0 Å². The largest absolute Gasteiger partial charge is 0.111 e. The molecule has 4 atom stereocenters. The second kappa shape index (κ2) is 3.91. The van der Waals surface area contributed by atoms with Gasteiger partial charge in [-0.1, -0.05) is 22.6 Å². The lowest BCUT2D eigenvalue weighted by molar-refractivity contribution is 2.02. The summed E-state index contributed by atoms with van der Waals surface area (Å²) >= 11 is 2.38. The predicted octanol–water partition coefficient (Wildman–Crippen LogP) is 2.85. The average Bonchev–Trinajstić information content (AvgIpc) is 1.31. The molecule has 0 aliphatic carbocycles. The van der Waals surface area contributed by atoms with Gasteiger partial charge in [0.05, 0.1) is 2.64 Å². The van der Waals surface area contributed by atoms with Gasteiger partial charge in [0.2, 0.25) is 0 Å². The Morgan fingerprint density at radius 2 is 1.43 bits per heavy atom. The van der Waals surface area contributed by atoms with E-state index in [0.29, 0.717) is 2.64 Å². The van der Waals surface area contributed by atoms with E-state index in [-0.39, 0.29) is 7.30 Å². The fourth-order valence-corrected chi connectivity index (χ4v) is 0. The molecule has 0 rings (SSSR count). The number of hydrogen-bond donors (Lipinski definition) is 0. The third kappa shape index (κ3) is 5.33. The molecule has 0 amide bonds. The highest BCUT2D eigenvalue weighted by Crippen LogP contribution is 2.72. The van der Waals surface area contributed by atoms with Crippen molar-refractivity contribution in [2.24, 2.45) is 0 Å². The minimum atomic E-state index is 0.00441. The van der Waals surface area contributed by atoms with Crippen LogP contribution in [-0.2, 0) is 0 Å². The van der Waals surface area contributed by atoms with Crippen LogP contribution in [0.5, 0.6) is 0 Å². The van der Waals surface area contributed by atoms with Gasteiger partial charge in [0.25, 0.3) is 0 Å². The van der Waals surface area contributed by atoms with E-state index >= 15 is 0 Å². The van der Waals surface area contributed by atoms with Gasteiger partial charge in [-0.3, -0.25) is 0 Å². The van der Waals surface area contributed by atoms with Gasteiger partial charge in [0.1, 0.15) is 0 Å². The summed E-state index contributed by atoms with van der Waals surface area (Å²) in [7, 11) is 11.1. The van der Waals surface area contributed by atoms with Crippen LogP contribution in [-0.4, -0.2) is 2.64 Å². The summed E-state index contributed by atoms with van der Waals surface area (Å²) in [5, 5.41) is 0. The van der Waals surface area contributed by atoms with Gasteiger partial charge < -0.3 is 0 Å². The molecule has 0 N–H and O–H groups in total. The van der Waals surface area contributed by atoms with Crippen molar-refractivity contribution in [2.75, 3.05) is 0 Å². The van der Waals surface area contributed by atoms with Crippen LogP contribution in [0.15, 0.2) is 0 Å². The maximum absolute atomic E-state index is 2.78. The van der Waals surface area contributed by atoms with Gasteiger partial charge >= 0.3 is 0 Å². The monoisotopic (exact) mass is 302 g/mol. The highest BCUT2D eigenvalue weighted by atomic mass is 127. The van der Waals surface area contributed by atoms with Crippen LogP contribution in [0.1, 0.15) is 0 Å². The predicted molar refractivity (Wildman–Crippen MR) is 62.5 cm³/mol. The van der Waals surface area contributed by atoms with Crippen LogP contribution < -0.4 is 0 Å². The Labute approximate surface area is 68.6 Å². The van der Waals surface area contributed by atoms with Crippen molar-refractivity contribution in [1.29, 1.82) is 0 Å². The number of hydrogen-bond acceptors (Lipinski definition) is 0. The van der Waals surface area contributed by atoms with E-state index < -0.39 is 0 Å². The molecule has 0 spiro atoms. The highest BCUT2D eigenvalue weighted by Gasteiger charge is 2.16. The van der Waals surface area contributed by atoms with Crippen LogP contribution in [0.25, 0.3) is 0 Å². The summed E-state index contributed by atoms with van der Waals surface area (Å²) in [6.07, 6.45) is 0. The topological polar surface area (TPSA) is 0 Å². The third-order valence-corrected chi connectivity index (χ3v) is 13.9. The summed E-state index contributed by atoms with van der Waals surface area (Å²) in [5.74, 6) is 0. The van der Waals surface area contributed by atoms with Crippen molar-refractivity contribution < 1.29 is 0 Å². The molecule has 44 valence electrons. The minimum absolute atomic E-state index is 0.00441. The molecule has 6 heteroatoms. The van der Waals surface area contributed by atoms with Crippen LogP contribution in [0, 0.1) is 0 Å². The molecular weight excluding hydrogens is 294 g/mol. The molecule has 0 saturated carbocycles. The highest BCUT2D eigenvalue weighted by molar-refractivity contribution is 14.1. The van der Waals surface area contributed by atoms with E-state index in [1.54, 1.807) is 0 Å². The maximum Gasteiger partial charge on any atom is 0.0755 e. The van der Waals surface area contributed by atoms with E-state index in [9.17, 15) is 0 Å². The minimum Gasteiger partial charge on any atom is -0.111 e. The molecule has 0 heterocycles. The van der Waals surface area contributed by atoms with Crippen molar-refractivity contribution in [3.05, 3.63) is 0 Å². The van der Waals surface area contributed by atoms with Crippen LogP contribution >= 0.6 is 66.2 Å². The Hall–Kier alpha value is 2.88. The molecule has 0 fully saturated rings. The first-order chi connectivity index (χ1) is 2.94. The van der Waals surface area contributed by atoms with Gasteiger partial charge in [0, 0.05) is 0 Å². The third-order valence-electron chi connectivity index (χ3n) is 0.396. The lowest BCUT2D eigenvalue weighted by Gasteiger charge is -2.19. The van der Waals surface area contributed by atoms with E-state index in [1.807, 2.05) is 0 Å². The lowest BCUT2D eigenvalue weighted by atomic mass is 11.8. The van der Waals surface area contributed by atoms with Gasteiger partial charge in [-0.05, 0) is 7.30 Å². The van der Waals surface area contributed by atoms with Gasteiger partial charge in [-0.25, -0.2) is 0 Å². The molecule has 0 aromatic carbocycles. The van der Waals surface area contributed by atoms with Gasteiger partial charge in [-0.15, -0.1) is 36.3 Å². The number of alkyl halides is 1. The summed E-state index contributed by atoms with van der Waals surface area (Å²) in [4.78, 5) is 0. The summed E-state index contributed by atoms with van der Waals surface area (Å²) < 4.78 is 0.294. The van der Waals surface area contributed by atoms with E-state index in [0.717, 1.165) is 0 Å². The Bertz CT molecular complexity index is 53.6. The molecule has 0 aromatic heterocycles. The molecular formula is CH8IP5. The van der Waals surface area contributed by atoms with Crippen molar-refractivity contribution in [2.45, 2.75) is 2.64 Å². The van der Waals surface area contributed by atoms with Crippen molar-refractivity contribution in [1.82, 2.24) is 0 Å². The SMILES string of the molecule is PP(P)C(P)(P)I.